The van der Waals surface area contributed by atoms with E-state index in [0.717, 1.165) is 16.5 Å². The minimum atomic E-state index is -0.182. The second kappa shape index (κ2) is 6.41. The zero-order valence-corrected chi connectivity index (χ0v) is 15.1. The van der Waals surface area contributed by atoms with Crippen molar-refractivity contribution >= 4 is 22.5 Å². The molecule has 1 aliphatic rings. The number of hydrogen-bond acceptors (Lipinski definition) is 3. The molecule has 25 heavy (non-hydrogen) atoms. The molecular weight excluding hydrogens is 326 g/mol. The molecule has 0 spiro atoms. The number of fused-ring (bicyclic) bond motifs is 1. The molecular formula is C22H19NOS. The Morgan fingerprint density at radius 2 is 1.56 bits per heavy atom. The van der Waals surface area contributed by atoms with Crippen molar-refractivity contribution in [3.63, 3.8) is 0 Å². The molecule has 0 N–H and O–H groups in total. The first-order valence-electron chi connectivity index (χ1n) is 8.28. The van der Waals surface area contributed by atoms with E-state index < -0.39 is 0 Å². The van der Waals surface area contributed by atoms with Crippen LogP contribution in [0.15, 0.2) is 83.9 Å². The molecule has 2 nitrogen and oxygen atoms in total. The summed E-state index contributed by atoms with van der Waals surface area (Å²) in [4.78, 5) is 4.91. The smallest absolute Gasteiger partial charge is 0.119 e. The number of methoxy groups -OCH3 is 1. The van der Waals surface area contributed by atoms with Crippen molar-refractivity contribution < 1.29 is 4.74 Å². The number of thioether (sulfide) groups is 1. The first-order valence-corrected chi connectivity index (χ1v) is 9.09. The second-order valence-electron chi connectivity index (χ2n) is 6.17. The highest BCUT2D eigenvalue weighted by atomic mass is 32.2. The lowest BCUT2D eigenvalue weighted by molar-refractivity contribution is 0.414. The number of aliphatic imine (C=N–C) groups is 1. The van der Waals surface area contributed by atoms with Crippen LogP contribution in [-0.2, 0) is 4.75 Å². The number of para-hydroxylation sites is 1. The summed E-state index contributed by atoms with van der Waals surface area (Å²) in [7, 11) is 1.71. The van der Waals surface area contributed by atoms with Crippen molar-refractivity contribution in [3.05, 3.63) is 95.6 Å². The lowest BCUT2D eigenvalue weighted by Gasteiger charge is -2.24. The van der Waals surface area contributed by atoms with E-state index in [0.29, 0.717) is 0 Å². The molecule has 1 heterocycles. The van der Waals surface area contributed by atoms with Gasteiger partial charge in [-0.3, -0.25) is 0 Å². The summed E-state index contributed by atoms with van der Waals surface area (Å²) in [6.07, 6.45) is 0. The van der Waals surface area contributed by atoms with E-state index in [1.165, 1.54) is 16.7 Å². The molecule has 0 saturated heterocycles. The summed E-state index contributed by atoms with van der Waals surface area (Å²) in [5.41, 5.74) is 4.68. The monoisotopic (exact) mass is 345 g/mol. The Morgan fingerprint density at radius 3 is 2.24 bits per heavy atom. The van der Waals surface area contributed by atoms with Crippen LogP contribution in [0, 0.1) is 0 Å². The Morgan fingerprint density at radius 1 is 0.880 bits per heavy atom. The zero-order chi connectivity index (χ0) is 17.3. The molecule has 0 aliphatic carbocycles. The van der Waals surface area contributed by atoms with Gasteiger partial charge in [0.2, 0.25) is 0 Å². The summed E-state index contributed by atoms with van der Waals surface area (Å²) in [6, 6.07) is 27.0. The van der Waals surface area contributed by atoms with Crippen LogP contribution < -0.4 is 4.74 Å². The minimum Gasteiger partial charge on any atom is -0.497 e. The van der Waals surface area contributed by atoms with Gasteiger partial charge in [0.1, 0.15) is 10.8 Å². The van der Waals surface area contributed by atoms with Gasteiger partial charge in [-0.1, -0.05) is 60.3 Å². The van der Waals surface area contributed by atoms with Crippen LogP contribution in [0.2, 0.25) is 0 Å². The van der Waals surface area contributed by atoms with Crippen LogP contribution in [0.5, 0.6) is 5.75 Å². The van der Waals surface area contributed by atoms with Crippen LogP contribution in [0.3, 0.4) is 0 Å². The maximum Gasteiger partial charge on any atom is 0.119 e. The first-order chi connectivity index (χ1) is 12.2. The lowest BCUT2D eigenvalue weighted by atomic mass is 9.89. The first kappa shape index (κ1) is 16.0. The molecule has 124 valence electrons. The van der Waals surface area contributed by atoms with E-state index in [2.05, 4.69) is 49.4 Å². The number of benzene rings is 3. The van der Waals surface area contributed by atoms with Crippen LogP contribution >= 0.6 is 11.8 Å². The normalized spacial score (nSPS) is 20.5. The van der Waals surface area contributed by atoms with Gasteiger partial charge in [0, 0.05) is 5.56 Å². The third-order valence-corrected chi connectivity index (χ3v) is 5.95. The number of hydrogen-bond donors (Lipinski definition) is 0. The van der Waals surface area contributed by atoms with Gasteiger partial charge in [0.25, 0.3) is 0 Å². The van der Waals surface area contributed by atoms with E-state index in [-0.39, 0.29) is 4.75 Å². The highest BCUT2D eigenvalue weighted by Gasteiger charge is 2.41. The third-order valence-electron chi connectivity index (χ3n) is 4.58. The molecule has 0 saturated carbocycles. The Balaban J connectivity index is 1.89. The Hall–Kier alpha value is -2.52. The van der Waals surface area contributed by atoms with Crippen molar-refractivity contribution in [1.82, 2.24) is 0 Å². The van der Waals surface area contributed by atoms with Gasteiger partial charge in [-0.15, -0.1) is 0 Å². The highest BCUT2D eigenvalue weighted by Crippen LogP contribution is 2.52. The van der Waals surface area contributed by atoms with E-state index in [4.69, 9.17) is 9.73 Å². The number of nitrogens with zero attached hydrogens (tertiary/aromatic N) is 1. The maximum atomic E-state index is 5.47. The molecule has 4 rings (SSSR count). The van der Waals surface area contributed by atoms with Crippen LogP contribution in [0.25, 0.3) is 0 Å². The average molecular weight is 345 g/mol. The molecule has 1 unspecified atom stereocenters. The Bertz CT molecular complexity index is 921. The zero-order valence-electron chi connectivity index (χ0n) is 14.3. The predicted molar refractivity (Wildman–Crippen MR) is 106 cm³/mol. The average Bonchev–Trinajstić information content (AvgIpc) is 2.96. The summed E-state index contributed by atoms with van der Waals surface area (Å²) in [5, 5.41) is 1.05. The van der Waals surface area contributed by atoms with Gasteiger partial charge in [-0.2, -0.15) is 0 Å². The quantitative estimate of drug-likeness (QED) is 0.600. The fraction of sp³-hybridized carbons (Fsp3) is 0.136. The van der Waals surface area contributed by atoms with Gasteiger partial charge < -0.3 is 4.74 Å². The molecule has 3 aromatic carbocycles. The van der Waals surface area contributed by atoms with Gasteiger partial charge >= 0.3 is 0 Å². The Labute approximate surface area is 152 Å². The van der Waals surface area contributed by atoms with Gasteiger partial charge in [-0.05, 0) is 48.4 Å². The van der Waals surface area contributed by atoms with Crippen molar-refractivity contribution in [2.75, 3.05) is 7.11 Å². The highest BCUT2D eigenvalue weighted by molar-refractivity contribution is 8.15. The van der Waals surface area contributed by atoms with Crippen LogP contribution in [0.4, 0.5) is 5.69 Å². The van der Waals surface area contributed by atoms with E-state index in [9.17, 15) is 0 Å². The maximum absolute atomic E-state index is 5.47. The Kier molecular flexibility index (Phi) is 4.10. The molecule has 0 fully saturated rings. The van der Waals surface area contributed by atoms with E-state index in [1.54, 1.807) is 18.9 Å². The van der Waals surface area contributed by atoms with Crippen LogP contribution in [-0.4, -0.2) is 12.2 Å². The van der Waals surface area contributed by atoms with Crippen molar-refractivity contribution in [3.8, 4) is 5.75 Å². The molecule has 1 aliphatic heterocycles. The topological polar surface area (TPSA) is 21.6 Å². The van der Waals surface area contributed by atoms with E-state index >= 15 is 0 Å². The molecule has 3 heteroatoms. The van der Waals surface area contributed by atoms with Crippen molar-refractivity contribution in [2.24, 2.45) is 4.99 Å². The summed E-state index contributed by atoms with van der Waals surface area (Å²) in [5.74, 6) is 0.877. The fourth-order valence-corrected chi connectivity index (χ4v) is 4.57. The summed E-state index contributed by atoms with van der Waals surface area (Å²) in [6.45, 7) is 2.26. The van der Waals surface area contributed by atoms with Gasteiger partial charge in [0.15, 0.2) is 0 Å². The molecule has 3 aromatic rings. The van der Waals surface area contributed by atoms with Crippen molar-refractivity contribution in [1.29, 1.82) is 0 Å². The molecule has 0 radical (unpaired) electrons. The minimum absolute atomic E-state index is 0.182. The SMILES string of the molecule is COc1ccc2c(c1)C(C)(c1ccccc1)SC2=Nc1ccccc1. The molecule has 1 atom stereocenters. The lowest BCUT2D eigenvalue weighted by Crippen LogP contribution is -2.16. The van der Waals surface area contributed by atoms with Crippen LogP contribution in [0.1, 0.15) is 23.6 Å². The molecule has 0 aromatic heterocycles. The number of rotatable bonds is 3. The predicted octanol–water partition coefficient (Wildman–Crippen LogP) is 5.78. The second-order valence-corrected chi connectivity index (χ2v) is 7.57. The van der Waals surface area contributed by atoms with Gasteiger partial charge in [0.05, 0.1) is 17.5 Å². The largest absolute Gasteiger partial charge is 0.497 e. The fourth-order valence-electron chi connectivity index (χ4n) is 3.21. The van der Waals surface area contributed by atoms with Gasteiger partial charge in [-0.25, -0.2) is 4.99 Å². The summed E-state index contributed by atoms with van der Waals surface area (Å²) >= 11 is 1.80. The van der Waals surface area contributed by atoms with Crippen molar-refractivity contribution in [2.45, 2.75) is 11.7 Å². The molecule has 0 amide bonds. The molecule has 0 bridgehead atoms. The number of ether oxygens (including phenoxy) is 1. The third kappa shape index (κ3) is 2.85. The summed E-state index contributed by atoms with van der Waals surface area (Å²) < 4.78 is 5.29. The standard InChI is InChI=1S/C22H19NOS/c1-22(16-9-5-3-6-10-16)20-15-18(24-2)13-14-19(20)21(25-22)23-17-11-7-4-8-12-17/h3-15H,1-2H3. The van der Waals surface area contributed by atoms with E-state index in [1.807, 2.05) is 36.4 Å².